The summed E-state index contributed by atoms with van der Waals surface area (Å²) in [7, 11) is 0. The van der Waals surface area contributed by atoms with Crippen LogP contribution in [0.4, 0.5) is 0 Å². The van der Waals surface area contributed by atoms with E-state index in [0.717, 1.165) is 12.0 Å². The number of amides is 2. The Morgan fingerprint density at radius 1 is 1.13 bits per heavy atom. The maximum Gasteiger partial charge on any atom is 0.262 e. The molecule has 7 nitrogen and oxygen atoms in total. The molecule has 2 aromatic rings. The van der Waals surface area contributed by atoms with E-state index in [9.17, 15) is 9.59 Å². The van der Waals surface area contributed by atoms with E-state index in [2.05, 4.69) is 31.8 Å². The van der Waals surface area contributed by atoms with Gasteiger partial charge in [0.2, 0.25) is 0 Å². The summed E-state index contributed by atoms with van der Waals surface area (Å²) in [5, 5.41) is 6.62. The molecule has 30 heavy (non-hydrogen) atoms. The normalized spacial score (nSPS) is 11.7. The predicted molar refractivity (Wildman–Crippen MR) is 120 cm³/mol. The third-order valence-corrected chi connectivity index (χ3v) is 4.67. The third-order valence-electron chi connectivity index (χ3n) is 3.98. The van der Waals surface area contributed by atoms with Crippen LogP contribution in [0.25, 0.3) is 0 Å². The lowest BCUT2D eigenvalue weighted by Crippen LogP contribution is -2.43. The molecule has 2 N–H and O–H groups in total. The Labute approximate surface area is 185 Å². The Hall–Kier alpha value is -2.87. The molecule has 2 aromatic carbocycles. The summed E-state index contributed by atoms with van der Waals surface area (Å²) in [4.78, 5) is 24.5. The molecule has 0 saturated heterocycles. The Morgan fingerprint density at radius 3 is 2.60 bits per heavy atom. The smallest absolute Gasteiger partial charge is 0.262 e. The van der Waals surface area contributed by atoms with Gasteiger partial charge in [0, 0.05) is 4.47 Å². The average Bonchev–Trinajstić information content (AvgIpc) is 2.73. The number of nitrogens with zero attached hydrogens (tertiary/aromatic N) is 1. The van der Waals surface area contributed by atoms with Gasteiger partial charge in [0.05, 0.1) is 25.0 Å². The first kappa shape index (κ1) is 23.4. The lowest BCUT2D eigenvalue weighted by atomic mass is 10.2. The van der Waals surface area contributed by atoms with Gasteiger partial charge in [-0.15, -0.1) is 0 Å². The van der Waals surface area contributed by atoms with Gasteiger partial charge in [-0.2, -0.15) is 5.10 Å². The number of halogens is 1. The number of carbonyl (C=O) groups excluding carboxylic acids is 2. The van der Waals surface area contributed by atoms with Crippen LogP contribution in [0, 0.1) is 0 Å². The first-order chi connectivity index (χ1) is 14.5. The summed E-state index contributed by atoms with van der Waals surface area (Å²) in [6, 6.07) is 11.7. The molecule has 2 rings (SSSR count). The van der Waals surface area contributed by atoms with Gasteiger partial charge in [0.15, 0.2) is 11.5 Å². The third kappa shape index (κ3) is 6.88. The molecule has 0 aliphatic heterocycles. The fraction of sp³-hybridized carbons (Fsp3) is 0.318. The predicted octanol–water partition coefficient (Wildman–Crippen LogP) is 3.91. The van der Waals surface area contributed by atoms with Crippen LogP contribution in [-0.2, 0) is 4.79 Å². The maximum atomic E-state index is 12.3. The van der Waals surface area contributed by atoms with Crippen molar-refractivity contribution in [2.45, 2.75) is 33.2 Å². The number of ether oxygens (including phenoxy) is 2. The summed E-state index contributed by atoms with van der Waals surface area (Å²) in [6.07, 6.45) is 2.41. The van der Waals surface area contributed by atoms with E-state index < -0.39 is 11.9 Å². The number of rotatable bonds is 10. The van der Waals surface area contributed by atoms with E-state index in [1.165, 1.54) is 6.21 Å². The fourth-order valence-electron chi connectivity index (χ4n) is 2.46. The lowest BCUT2D eigenvalue weighted by Gasteiger charge is -2.13. The largest absolute Gasteiger partial charge is 0.490 e. The van der Waals surface area contributed by atoms with Gasteiger partial charge in [0.1, 0.15) is 6.04 Å². The number of carbonyl (C=O) groups is 2. The highest BCUT2D eigenvalue weighted by Gasteiger charge is 2.17. The van der Waals surface area contributed by atoms with Crippen molar-refractivity contribution in [2.24, 2.45) is 5.10 Å². The molecule has 0 aromatic heterocycles. The maximum absolute atomic E-state index is 12.3. The second-order valence-electron chi connectivity index (χ2n) is 6.40. The van der Waals surface area contributed by atoms with E-state index in [4.69, 9.17) is 9.47 Å². The highest BCUT2D eigenvalue weighted by atomic mass is 79.9. The van der Waals surface area contributed by atoms with E-state index in [0.29, 0.717) is 34.7 Å². The summed E-state index contributed by atoms with van der Waals surface area (Å²) in [5.74, 6) is 0.510. The van der Waals surface area contributed by atoms with Gasteiger partial charge < -0.3 is 14.8 Å². The molecular weight excluding hydrogens is 450 g/mol. The standard InChI is InChI=1S/C22H26BrN3O4/c1-4-12-30-19-11-10-16(13-20(19)29-5-2)14-24-26-21(27)15(3)25-22(28)17-8-6-7-9-18(17)23/h6-11,13-15H,4-5,12H2,1-3H3,(H,25,28)(H,26,27). The highest BCUT2D eigenvalue weighted by Crippen LogP contribution is 2.28. The zero-order chi connectivity index (χ0) is 21.9. The quantitative estimate of drug-likeness (QED) is 0.402. The van der Waals surface area contributed by atoms with Crippen LogP contribution in [0.2, 0.25) is 0 Å². The second kappa shape index (κ2) is 12.0. The topological polar surface area (TPSA) is 89.0 Å². The number of hydrogen-bond acceptors (Lipinski definition) is 5. The Balaban J connectivity index is 1.95. The zero-order valence-corrected chi connectivity index (χ0v) is 18.9. The average molecular weight is 476 g/mol. The van der Waals surface area contributed by atoms with Crippen LogP contribution in [-0.4, -0.2) is 37.3 Å². The monoisotopic (exact) mass is 475 g/mol. The van der Waals surface area contributed by atoms with Crippen molar-refractivity contribution in [3.05, 3.63) is 58.1 Å². The van der Waals surface area contributed by atoms with E-state index in [-0.39, 0.29) is 5.91 Å². The molecule has 2 amide bonds. The van der Waals surface area contributed by atoms with Gasteiger partial charge in [-0.25, -0.2) is 5.43 Å². The summed E-state index contributed by atoms with van der Waals surface area (Å²) < 4.78 is 11.9. The van der Waals surface area contributed by atoms with E-state index in [1.807, 2.05) is 32.0 Å². The molecule has 0 bridgehead atoms. The van der Waals surface area contributed by atoms with Crippen LogP contribution >= 0.6 is 15.9 Å². The molecule has 1 atom stereocenters. The van der Waals surface area contributed by atoms with Crippen LogP contribution in [0.15, 0.2) is 52.0 Å². The zero-order valence-electron chi connectivity index (χ0n) is 17.3. The lowest BCUT2D eigenvalue weighted by molar-refractivity contribution is -0.122. The first-order valence-corrected chi connectivity index (χ1v) is 10.5. The summed E-state index contributed by atoms with van der Waals surface area (Å²) in [6.45, 7) is 6.63. The van der Waals surface area contributed by atoms with Crippen molar-refractivity contribution in [2.75, 3.05) is 13.2 Å². The van der Waals surface area contributed by atoms with Gasteiger partial charge in [-0.3, -0.25) is 9.59 Å². The van der Waals surface area contributed by atoms with Crippen molar-refractivity contribution in [3.63, 3.8) is 0 Å². The highest BCUT2D eigenvalue weighted by molar-refractivity contribution is 9.10. The van der Waals surface area contributed by atoms with Crippen molar-refractivity contribution >= 4 is 34.0 Å². The Bertz CT molecular complexity index is 902. The minimum atomic E-state index is -0.759. The van der Waals surface area contributed by atoms with Crippen LogP contribution in [0.3, 0.4) is 0 Å². The molecule has 0 aliphatic carbocycles. The molecule has 0 aliphatic rings. The van der Waals surface area contributed by atoms with Gasteiger partial charge in [-0.1, -0.05) is 19.1 Å². The first-order valence-electron chi connectivity index (χ1n) is 9.74. The van der Waals surface area contributed by atoms with Crippen molar-refractivity contribution in [3.8, 4) is 11.5 Å². The van der Waals surface area contributed by atoms with E-state index >= 15 is 0 Å². The van der Waals surface area contributed by atoms with Crippen molar-refractivity contribution in [1.82, 2.24) is 10.7 Å². The molecule has 0 fully saturated rings. The molecule has 0 heterocycles. The van der Waals surface area contributed by atoms with Gasteiger partial charge >= 0.3 is 0 Å². The number of hydrogen-bond donors (Lipinski definition) is 2. The minimum absolute atomic E-state index is 0.349. The van der Waals surface area contributed by atoms with Gasteiger partial charge in [-0.05, 0) is 72.1 Å². The molecule has 0 saturated carbocycles. The Kier molecular flexibility index (Phi) is 9.34. The second-order valence-corrected chi connectivity index (χ2v) is 7.25. The number of benzene rings is 2. The van der Waals surface area contributed by atoms with Gasteiger partial charge in [0.25, 0.3) is 11.8 Å². The summed E-state index contributed by atoms with van der Waals surface area (Å²) >= 11 is 3.32. The van der Waals surface area contributed by atoms with Crippen LogP contribution < -0.4 is 20.2 Å². The molecular formula is C22H26BrN3O4. The molecule has 0 radical (unpaired) electrons. The van der Waals surface area contributed by atoms with Crippen molar-refractivity contribution < 1.29 is 19.1 Å². The number of nitrogens with one attached hydrogen (secondary N) is 2. The molecule has 160 valence electrons. The van der Waals surface area contributed by atoms with E-state index in [1.54, 1.807) is 31.2 Å². The molecule has 8 heteroatoms. The Morgan fingerprint density at radius 2 is 1.90 bits per heavy atom. The molecule has 1 unspecified atom stereocenters. The van der Waals surface area contributed by atoms with Crippen LogP contribution in [0.5, 0.6) is 11.5 Å². The number of hydrazone groups is 1. The van der Waals surface area contributed by atoms with Crippen LogP contribution in [0.1, 0.15) is 43.1 Å². The molecule has 0 spiro atoms. The summed E-state index contributed by atoms with van der Waals surface area (Å²) in [5.41, 5.74) is 3.63. The fourth-order valence-corrected chi connectivity index (χ4v) is 2.92. The SMILES string of the molecule is CCCOc1ccc(C=NNC(=O)C(C)NC(=O)c2ccccc2Br)cc1OCC. The minimum Gasteiger partial charge on any atom is -0.490 e. The van der Waals surface area contributed by atoms with Crippen molar-refractivity contribution in [1.29, 1.82) is 0 Å².